The number of rotatable bonds is 16. The average Bonchev–Trinajstić information content (AvgIpc) is 3.42. The Morgan fingerprint density at radius 2 is 1.64 bits per heavy atom. The number of alkyl carbamates (subject to hydrolysis) is 1. The maximum Gasteiger partial charge on any atom is 0.408 e. The molecule has 1 aromatic carbocycles. The summed E-state index contributed by atoms with van der Waals surface area (Å²) in [5.41, 5.74) is -0.325. The summed E-state index contributed by atoms with van der Waals surface area (Å²) in [5, 5.41) is 18.2. The molecule has 0 aromatic heterocycles. The third kappa shape index (κ3) is 11.3. The van der Waals surface area contributed by atoms with E-state index in [-0.39, 0.29) is 50.9 Å². The zero-order valence-electron chi connectivity index (χ0n) is 25.2. The molecule has 1 fully saturated rings. The van der Waals surface area contributed by atoms with Gasteiger partial charge in [0.1, 0.15) is 19.3 Å². The molecule has 0 spiro atoms. The van der Waals surface area contributed by atoms with Gasteiger partial charge in [0.15, 0.2) is 0 Å². The zero-order chi connectivity index (χ0) is 31.2. The number of esters is 1. The van der Waals surface area contributed by atoms with E-state index >= 15 is 0 Å². The van der Waals surface area contributed by atoms with Crippen molar-refractivity contribution in [2.24, 2.45) is 11.3 Å². The normalized spacial score (nSPS) is 16.3. The monoisotopic (exact) mass is 585 g/mol. The summed E-state index contributed by atoms with van der Waals surface area (Å²) in [7, 11) is 0. The first-order valence-corrected chi connectivity index (χ1v) is 14.5. The first-order chi connectivity index (χ1) is 19.9. The van der Waals surface area contributed by atoms with Crippen LogP contribution in [0.25, 0.3) is 0 Å². The highest BCUT2D eigenvalue weighted by Gasteiger charge is 2.36. The second-order valence-electron chi connectivity index (χ2n) is 12.0. The molecule has 4 N–H and O–H groups in total. The second-order valence-corrected chi connectivity index (χ2v) is 12.0. The molecule has 3 amide bonds. The molecule has 0 radical (unpaired) electrons. The fourth-order valence-corrected chi connectivity index (χ4v) is 4.78. The number of benzene rings is 1. The summed E-state index contributed by atoms with van der Waals surface area (Å²) < 4.78 is 10.8. The van der Waals surface area contributed by atoms with E-state index in [0.717, 1.165) is 18.4 Å². The molecule has 0 bridgehead atoms. The molecule has 0 aliphatic heterocycles. The quantitative estimate of drug-likeness (QED) is 0.170. The fourth-order valence-electron chi connectivity index (χ4n) is 4.78. The van der Waals surface area contributed by atoms with E-state index in [1.54, 1.807) is 6.08 Å². The van der Waals surface area contributed by atoms with Crippen LogP contribution in [0.1, 0.15) is 71.3 Å². The number of aliphatic hydroxyl groups excluding tert-OH is 1. The number of aliphatic hydroxyl groups is 1. The number of carbonyl (C=O) groups is 4. The number of ether oxygens (including phenoxy) is 2. The van der Waals surface area contributed by atoms with Crippen molar-refractivity contribution in [1.82, 2.24) is 16.0 Å². The Labute approximate surface area is 249 Å². The molecule has 0 heterocycles. The number of carbonyl (C=O) groups excluding carboxylic acids is 4. The van der Waals surface area contributed by atoms with Crippen molar-refractivity contribution in [3.63, 3.8) is 0 Å². The summed E-state index contributed by atoms with van der Waals surface area (Å²) in [6, 6.07) is 7.54. The second kappa shape index (κ2) is 16.7. The van der Waals surface area contributed by atoms with Gasteiger partial charge < -0.3 is 30.5 Å². The van der Waals surface area contributed by atoms with E-state index in [1.165, 1.54) is 6.08 Å². The van der Waals surface area contributed by atoms with Crippen LogP contribution >= 0.6 is 0 Å². The largest absolute Gasteiger partial charge is 0.462 e. The first-order valence-electron chi connectivity index (χ1n) is 14.5. The van der Waals surface area contributed by atoms with Gasteiger partial charge in [-0.1, -0.05) is 76.1 Å². The lowest BCUT2D eigenvalue weighted by Gasteiger charge is -2.33. The van der Waals surface area contributed by atoms with Crippen LogP contribution in [-0.2, 0) is 30.5 Å². The van der Waals surface area contributed by atoms with E-state index in [4.69, 9.17) is 9.47 Å². The molecule has 1 aliphatic rings. The van der Waals surface area contributed by atoms with Crippen LogP contribution in [0.15, 0.2) is 55.6 Å². The molecule has 232 valence electrons. The predicted octanol–water partition coefficient (Wildman–Crippen LogP) is 3.94. The van der Waals surface area contributed by atoms with Crippen molar-refractivity contribution in [2.45, 2.75) is 89.9 Å². The number of amides is 3. The summed E-state index contributed by atoms with van der Waals surface area (Å²) in [6.45, 7) is 12.8. The van der Waals surface area contributed by atoms with Gasteiger partial charge in [0.25, 0.3) is 0 Å². The molecule has 1 saturated carbocycles. The molecular weight excluding hydrogens is 538 g/mol. The lowest BCUT2D eigenvalue weighted by molar-refractivity contribution is -0.148. The Morgan fingerprint density at radius 3 is 2.21 bits per heavy atom. The highest BCUT2D eigenvalue weighted by Crippen LogP contribution is 2.29. The first kappa shape index (κ1) is 34.5. The third-order valence-corrected chi connectivity index (χ3v) is 7.47. The van der Waals surface area contributed by atoms with Gasteiger partial charge >= 0.3 is 12.1 Å². The summed E-state index contributed by atoms with van der Waals surface area (Å²) >= 11 is 0. The Bertz CT molecular complexity index is 1060. The summed E-state index contributed by atoms with van der Waals surface area (Å²) in [5.74, 6) is -2.04. The minimum atomic E-state index is -1.02. The van der Waals surface area contributed by atoms with E-state index in [1.807, 2.05) is 51.1 Å². The van der Waals surface area contributed by atoms with Gasteiger partial charge in [-0.3, -0.25) is 9.59 Å². The van der Waals surface area contributed by atoms with Gasteiger partial charge in [-0.05, 0) is 36.7 Å². The standard InChI is InChI=1S/C32H47N3O7/c1-6-13-24(19-27(37)35-32(22-36)17-11-12-18-32)28(38)34-26(31(3,4)5)21-41-29(39)25(14-7-2)33-30(40)42-20-23-15-9-8-10-16-23/h6-10,15-16,24-26,36H,1-2,11-14,17-22H2,3-5H3,(H,33,40)(H,34,38)(H,35,37)/t24-,25+,26+/m0/s1. The minimum Gasteiger partial charge on any atom is -0.462 e. The zero-order valence-corrected chi connectivity index (χ0v) is 25.2. The van der Waals surface area contributed by atoms with Crippen molar-refractivity contribution in [3.8, 4) is 0 Å². The van der Waals surface area contributed by atoms with E-state index in [9.17, 15) is 24.3 Å². The molecule has 42 heavy (non-hydrogen) atoms. The molecule has 0 unspecified atom stereocenters. The van der Waals surface area contributed by atoms with E-state index in [2.05, 4.69) is 29.1 Å². The topological polar surface area (TPSA) is 143 Å². The molecule has 10 nitrogen and oxygen atoms in total. The fraction of sp³-hybridized carbons (Fsp3) is 0.562. The number of allylic oxidation sites excluding steroid dienone is 1. The molecule has 1 aliphatic carbocycles. The summed E-state index contributed by atoms with van der Waals surface area (Å²) in [4.78, 5) is 51.4. The Balaban J connectivity index is 1.98. The van der Waals surface area contributed by atoms with Gasteiger partial charge in [-0.15, -0.1) is 13.2 Å². The molecule has 2 rings (SSSR count). The van der Waals surface area contributed by atoms with E-state index < -0.39 is 41.0 Å². The molecule has 3 atom stereocenters. The van der Waals surface area contributed by atoms with Crippen LogP contribution in [0.2, 0.25) is 0 Å². The molecule has 10 heteroatoms. The van der Waals surface area contributed by atoms with Crippen molar-refractivity contribution in [1.29, 1.82) is 0 Å². The van der Waals surface area contributed by atoms with Gasteiger partial charge in [0.05, 0.1) is 24.1 Å². The van der Waals surface area contributed by atoms with Gasteiger partial charge in [-0.2, -0.15) is 0 Å². The number of nitrogens with one attached hydrogen (secondary N) is 3. The lowest BCUT2D eigenvalue weighted by Crippen LogP contribution is -2.52. The minimum absolute atomic E-state index is 0.0472. The predicted molar refractivity (Wildman–Crippen MR) is 160 cm³/mol. The Kier molecular flexibility index (Phi) is 13.7. The average molecular weight is 586 g/mol. The number of hydrogen-bond acceptors (Lipinski definition) is 7. The van der Waals surface area contributed by atoms with Crippen molar-refractivity contribution < 1.29 is 33.8 Å². The van der Waals surface area contributed by atoms with Gasteiger partial charge in [-0.25, -0.2) is 9.59 Å². The van der Waals surface area contributed by atoms with Crippen LogP contribution in [0.5, 0.6) is 0 Å². The highest BCUT2D eigenvalue weighted by atomic mass is 16.6. The maximum atomic E-state index is 13.3. The van der Waals surface area contributed by atoms with Crippen molar-refractivity contribution in [2.75, 3.05) is 13.2 Å². The molecular formula is C32H47N3O7. The maximum absolute atomic E-state index is 13.3. The van der Waals surface area contributed by atoms with Crippen molar-refractivity contribution >= 4 is 23.9 Å². The smallest absolute Gasteiger partial charge is 0.408 e. The third-order valence-electron chi connectivity index (χ3n) is 7.47. The number of hydrogen-bond donors (Lipinski definition) is 4. The highest BCUT2D eigenvalue weighted by molar-refractivity contribution is 5.86. The van der Waals surface area contributed by atoms with Crippen molar-refractivity contribution in [3.05, 3.63) is 61.2 Å². The van der Waals surface area contributed by atoms with E-state index in [0.29, 0.717) is 12.8 Å². The molecule has 1 aromatic rings. The van der Waals surface area contributed by atoms with Crippen LogP contribution < -0.4 is 16.0 Å². The van der Waals surface area contributed by atoms with Crippen LogP contribution in [0.4, 0.5) is 4.79 Å². The van der Waals surface area contributed by atoms with Crippen LogP contribution in [0, 0.1) is 11.3 Å². The van der Waals surface area contributed by atoms with Crippen LogP contribution in [0.3, 0.4) is 0 Å². The Morgan fingerprint density at radius 1 is 1.00 bits per heavy atom. The summed E-state index contributed by atoms with van der Waals surface area (Å²) in [6.07, 6.45) is 5.92. The Hall–Kier alpha value is -3.66. The SMILES string of the molecule is C=CC[C@@H](CC(=O)NC1(CO)CCCC1)C(=O)N[C@H](COC(=O)[C@@H](CC=C)NC(=O)OCc1ccccc1)C(C)(C)C. The molecule has 0 saturated heterocycles. The van der Waals surface area contributed by atoms with Gasteiger partial charge in [0, 0.05) is 6.42 Å². The van der Waals surface area contributed by atoms with Crippen LogP contribution in [-0.4, -0.2) is 59.8 Å². The van der Waals surface area contributed by atoms with Gasteiger partial charge in [0.2, 0.25) is 11.8 Å². The lowest BCUT2D eigenvalue weighted by atomic mass is 9.86.